The van der Waals surface area contributed by atoms with E-state index >= 15 is 0 Å². The summed E-state index contributed by atoms with van der Waals surface area (Å²) in [7, 11) is 0. The number of hydrogen-bond donors (Lipinski definition) is 1. The summed E-state index contributed by atoms with van der Waals surface area (Å²) in [6.07, 6.45) is 5.86. The van der Waals surface area contributed by atoms with Crippen molar-refractivity contribution in [3.8, 4) is 5.75 Å². The summed E-state index contributed by atoms with van der Waals surface area (Å²) in [5.41, 5.74) is 1.01. The van der Waals surface area contributed by atoms with Crippen molar-refractivity contribution in [2.75, 3.05) is 0 Å². The first-order valence-corrected chi connectivity index (χ1v) is 11.5. The maximum atomic E-state index is 13.4. The molecule has 1 aliphatic carbocycles. The monoisotopic (exact) mass is 497 g/mol. The Labute approximate surface area is 193 Å². The van der Waals surface area contributed by atoms with Crippen LogP contribution in [0.3, 0.4) is 0 Å². The van der Waals surface area contributed by atoms with Crippen molar-refractivity contribution < 1.29 is 14.6 Å². The molecular weight excluding hydrogens is 474 g/mol. The van der Waals surface area contributed by atoms with Gasteiger partial charge in [-0.25, -0.2) is 9.78 Å². The van der Waals surface area contributed by atoms with Crippen LogP contribution in [0.2, 0.25) is 0 Å². The Hall–Kier alpha value is -3.00. The number of para-hydroxylation sites is 1. The van der Waals surface area contributed by atoms with E-state index in [0.717, 1.165) is 30.2 Å². The lowest BCUT2D eigenvalue weighted by Gasteiger charge is -2.22. The third-order valence-electron chi connectivity index (χ3n) is 5.69. The van der Waals surface area contributed by atoms with Gasteiger partial charge in [0.05, 0.1) is 17.1 Å². The molecule has 3 aromatic rings. The molecule has 0 aliphatic heterocycles. The van der Waals surface area contributed by atoms with E-state index in [1.807, 2.05) is 12.1 Å². The molecule has 0 spiro atoms. The first-order chi connectivity index (χ1) is 15.4. The van der Waals surface area contributed by atoms with Gasteiger partial charge in [0.25, 0.3) is 5.56 Å². The Morgan fingerprint density at radius 3 is 2.75 bits per heavy atom. The predicted molar refractivity (Wildman–Crippen MR) is 127 cm³/mol. The van der Waals surface area contributed by atoms with Gasteiger partial charge in [-0.05, 0) is 50.1 Å². The zero-order valence-corrected chi connectivity index (χ0v) is 19.3. The van der Waals surface area contributed by atoms with Crippen molar-refractivity contribution in [1.82, 2.24) is 9.66 Å². The van der Waals surface area contributed by atoms with Gasteiger partial charge in [-0.1, -0.05) is 47.3 Å². The fourth-order valence-electron chi connectivity index (χ4n) is 3.96. The summed E-state index contributed by atoms with van der Waals surface area (Å²) >= 11 is 3.43. The van der Waals surface area contributed by atoms with E-state index in [1.165, 1.54) is 24.2 Å². The summed E-state index contributed by atoms with van der Waals surface area (Å²) < 4.78 is 7.75. The lowest BCUT2D eigenvalue weighted by molar-refractivity contribution is -0.144. The van der Waals surface area contributed by atoms with E-state index < -0.39 is 12.1 Å². The molecule has 1 heterocycles. The third-order valence-corrected chi connectivity index (χ3v) is 6.18. The first-order valence-electron chi connectivity index (χ1n) is 10.7. The minimum absolute atomic E-state index is 0.167. The second kappa shape index (κ2) is 9.65. The molecule has 1 aromatic heterocycles. The van der Waals surface area contributed by atoms with E-state index in [1.54, 1.807) is 30.3 Å². The van der Waals surface area contributed by atoms with Crippen LogP contribution in [0.5, 0.6) is 5.75 Å². The molecule has 32 heavy (non-hydrogen) atoms. The Kier molecular flexibility index (Phi) is 6.69. The molecule has 0 radical (unpaired) electrons. The van der Waals surface area contributed by atoms with Crippen LogP contribution in [0, 0.1) is 0 Å². The van der Waals surface area contributed by atoms with E-state index in [2.05, 4.69) is 21.0 Å². The van der Waals surface area contributed by atoms with Crippen molar-refractivity contribution in [2.24, 2.45) is 5.10 Å². The lowest BCUT2D eigenvalue weighted by Crippen LogP contribution is -2.25. The number of nitrogens with zero attached hydrogens (tertiary/aromatic N) is 3. The summed E-state index contributed by atoms with van der Waals surface area (Å²) in [4.78, 5) is 29.4. The average molecular weight is 498 g/mol. The van der Waals surface area contributed by atoms with Crippen LogP contribution >= 0.6 is 15.9 Å². The van der Waals surface area contributed by atoms with E-state index in [9.17, 15) is 9.59 Å². The molecule has 1 atom stereocenters. The smallest absolute Gasteiger partial charge is 0.344 e. The Morgan fingerprint density at radius 1 is 1.25 bits per heavy atom. The second-order valence-electron chi connectivity index (χ2n) is 7.96. The molecule has 4 rings (SSSR count). The molecule has 1 saturated carbocycles. The van der Waals surface area contributed by atoms with Gasteiger partial charge in [-0.3, -0.25) is 4.79 Å². The van der Waals surface area contributed by atoms with Gasteiger partial charge in [-0.15, -0.1) is 0 Å². The Balaban J connectivity index is 1.80. The van der Waals surface area contributed by atoms with Crippen LogP contribution < -0.4 is 10.3 Å². The number of aliphatic carboxylic acids is 1. The van der Waals surface area contributed by atoms with Crippen LogP contribution in [-0.4, -0.2) is 33.1 Å². The standard InChI is InChI=1S/C24H24BrN3O4/c1-15(24(30)31)32-21-10-6-5-9-17(21)14-26-28-22(16-7-3-2-4-8-16)27-20-12-11-18(25)13-19(20)23(28)29/h5-6,9-16H,2-4,7-8H2,1H3,(H,30,31)/t15-/m1/s1. The maximum Gasteiger partial charge on any atom is 0.344 e. The molecule has 1 N–H and O–H groups in total. The minimum Gasteiger partial charge on any atom is -0.479 e. The number of carboxylic acid groups (broad SMARTS) is 1. The molecule has 166 valence electrons. The molecule has 8 heteroatoms. The van der Waals surface area contributed by atoms with Crippen molar-refractivity contribution in [1.29, 1.82) is 0 Å². The van der Waals surface area contributed by atoms with E-state index in [-0.39, 0.29) is 11.5 Å². The fourth-order valence-corrected chi connectivity index (χ4v) is 4.32. The molecular formula is C24H24BrN3O4. The molecule has 1 aliphatic rings. The van der Waals surface area contributed by atoms with Gasteiger partial charge in [-0.2, -0.15) is 9.78 Å². The van der Waals surface area contributed by atoms with E-state index in [0.29, 0.717) is 28.0 Å². The van der Waals surface area contributed by atoms with Crippen LogP contribution in [0.1, 0.15) is 56.3 Å². The molecule has 1 fully saturated rings. The zero-order chi connectivity index (χ0) is 22.7. The van der Waals surface area contributed by atoms with Crippen LogP contribution in [-0.2, 0) is 4.79 Å². The average Bonchev–Trinajstić information content (AvgIpc) is 2.80. The van der Waals surface area contributed by atoms with Gasteiger partial charge >= 0.3 is 5.97 Å². The fraction of sp³-hybridized carbons (Fsp3) is 0.333. The molecule has 7 nitrogen and oxygen atoms in total. The minimum atomic E-state index is -1.06. The zero-order valence-electron chi connectivity index (χ0n) is 17.7. The largest absolute Gasteiger partial charge is 0.479 e. The molecule has 2 aromatic carbocycles. The van der Waals surface area contributed by atoms with Crippen molar-refractivity contribution in [3.63, 3.8) is 0 Å². The highest BCUT2D eigenvalue weighted by Gasteiger charge is 2.22. The number of carboxylic acids is 1. The number of benzene rings is 2. The number of aromatic nitrogens is 2. The van der Waals surface area contributed by atoms with E-state index in [4.69, 9.17) is 14.8 Å². The lowest BCUT2D eigenvalue weighted by atomic mass is 9.88. The van der Waals surface area contributed by atoms with Crippen molar-refractivity contribution in [2.45, 2.75) is 51.0 Å². The summed E-state index contributed by atoms with van der Waals surface area (Å²) in [5, 5.41) is 14.2. The van der Waals surface area contributed by atoms with Crippen LogP contribution in [0.25, 0.3) is 10.9 Å². The molecule has 0 bridgehead atoms. The molecule has 0 saturated heterocycles. The van der Waals surface area contributed by atoms with Gasteiger partial charge in [0.1, 0.15) is 11.6 Å². The highest BCUT2D eigenvalue weighted by molar-refractivity contribution is 9.10. The van der Waals surface area contributed by atoms with Crippen LogP contribution in [0.4, 0.5) is 0 Å². The van der Waals surface area contributed by atoms with Gasteiger partial charge in [0, 0.05) is 16.0 Å². The third kappa shape index (κ3) is 4.75. The summed E-state index contributed by atoms with van der Waals surface area (Å²) in [6, 6.07) is 12.5. The van der Waals surface area contributed by atoms with Crippen molar-refractivity contribution in [3.05, 3.63) is 68.7 Å². The van der Waals surface area contributed by atoms with Crippen molar-refractivity contribution >= 4 is 39.0 Å². The summed E-state index contributed by atoms with van der Waals surface area (Å²) in [5.74, 6) is 0.157. The van der Waals surface area contributed by atoms with Gasteiger partial charge in [0.15, 0.2) is 6.10 Å². The SMILES string of the molecule is C[C@@H](Oc1ccccc1C=Nn1c(C2CCCCC2)nc2ccc(Br)cc2c1=O)C(=O)O. The number of fused-ring (bicyclic) bond motifs is 1. The highest BCUT2D eigenvalue weighted by Crippen LogP contribution is 2.32. The maximum absolute atomic E-state index is 13.4. The van der Waals surface area contributed by atoms with Gasteiger partial charge in [0.2, 0.25) is 0 Å². The first kappa shape index (κ1) is 22.2. The predicted octanol–water partition coefficient (Wildman–Crippen LogP) is 4.94. The molecule has 0 unspecified atom stereocenters. The van der Waals surface area contributed by atoms with Gasteiger partial charge < -0.3 is 9.84 Å². The number of rotatable bonds is 6. The highest BCUT2D eigenvalue weighted by atomic mass is 79.9. The quantitative estimate of drug-likeness (QED) is 0.486. The topological polar surface area (TPSA) is 93.8 Å². The summed E-state index contributed by atoms with van der Waals surface area (Å²) in [6.45, 7) is 1.47. The second-order valence-corrected chi connectivity index (χ2v) is 8.88. The Bertz CT molecular complexity index is 1230. The number of carbonyl (C=O) groups is 1. The van der Waals surface area contributed by atoms with Crippen LogP contribution in [0.15, 0.2) is 56.8 Å². The number of halogens is 1. The number of ether oxygens (including phenoxy) is 1. The molecule has 0 amide bonds. The Morgan fingerprint density at radius 2 is 2.00 bits per heavy atom. The number of hydrogen-bond acceptors (Lipinski definition) is 5. The normalized spacial score (nSPS) is 15.8.